The number of unbranched alkanes of at least 4 members (excludes halogenated alkanes) is 51. The molecule has 0 aliphatic carbocycles. The summed E-state index contributed by atoms with van der Waals surface area (Å²) in [5.41, 5.74) is 0. The van der Waals surface area contributed by atoms with Crippen molar-refractivity contribution in [3.63, 3.8) is 0 Å². The summed E-state index contributed by atoms with van der Waals surface area (Å²) in [6.45, 7) is 4.91. The van der Waals surface area contributed by atoms with Gasteiger partial charge in [-0.3, -0.25) is 9.59 Å². The van der Waals surface area contributed by atoms with Crippen molar-refractivity contribution >= 4 is 11.9 Å². The Hall–Kier alpha value is -2.44. The van der Waals surface area contributed by atoms with Gasteiger partial charge in [0.1, 0.15) is 0 Å². The van der Waals surface area contributed by atoms with Gasteiger partial charge in [-0.05, 0) is 96.3 Å². The minimum atomic E-state index is -0.844. The summed E-state index contributed by atoms with van der Waals surface area (Å²) in [5, 5.41) is 23.2. The summed E-state index contributed by atoms with van der Waals surface area (Å²) < 4.78 is 5.49. The lowest BCUT2D eigenvalue weighted by Crippen LogP contribution is -2.45. The van der Waals surface area contributed by atoms with Crippen molar-refractivity contribution in [1.82, 2.24) is 5.32 Å². The molecule has 6 nitrogen and oxygen atoms in total. The molecule has 0 saturated carbocycles. The molecule has 2 unspecified atom stereocenters. The zero-order valence-electron chi connectivity index (χ0n) is 56.4. The molecule has 6 heteroatoms. The number of ether oxygens (including phenoxy) is 1. The lowest BCUT2D eigenvalue weighted by Gasteiger charge is -2.20. The highest BCUT2D eigenvalue weighted by Crippen LogP contribution is 2.18. The number of rotatable bonds is 70. The highest BCUT2D eigenvalue weighted by Gasteiger charge is 2.18. The Labute approximate surface area is 524 Å². The van der Waals surface area contributed by atoms with E-state index in [2.05, 4.69) is 67.8 Å². The molecule has 0 aromatic carbocycles. The normalized spacial score (nSPS) is 12.9. The van der Waals surface area contributed by atoms with Crippen LogP contribution in [0.4, 0.5) is 0 Å². The number of aliphatic hydroxyl groups excluding tert-OH is 2. The first kappa shape index (κ1) is 81.6. The van der Waals surface area contributed by atoms with Crippen LogP contribution in [0.15, 0.2) is 60.8 Å². The van der Waals surface area contributed by atoms with E-state index < -0.39 is 12.1 Å². The van der Waals surface area contributed by atoms with Gasteiger partial charge >= 0.3 is 5.97 Å². The second-order valence-corrected chi connectivity index (χ2v) is 25.6. The summed E-state index contributed by atoms with van der Waals surface area (Å²) in [4.78, 5) is 24.6. The number of aliphatic hydroxyl groups is 2. The second kappa shape index (κ2) is 73.0. The van der Waals surface area contributed by atoms with Gasteiger partial charge in [0.05, 0.1) is 25.4 Å². The van der Waals surface area contributed by atoms with E-state index in [1.165, 1.54) is 315 Å². The molecule has 0 spiro atoms. The molecule has 0 saturated heterocycles. The third-order valence-electron chi connectivity index (χ3n) is 17.3. The van der Waals surface area contributed by atoms with Crippen LogP contribution in [0.5, 0.6) is 0 Å². The Morgan fingerprint density at radius 1 is 0.333 bits per heavy atom. The standard InChI is InChI=1S/C78H145NO5/c1-3-5-7-9-11-13-15-17-19-42-46-50-54-58-62-66-70-76(81)75(74-80)79-77(82)71-67-63-59-55-51-47-43-40-38-36-34-32-30-28-26-24-22-21-23-25-27-29-31-33-35-37-39-41-45-49-53-57-61-65-69-73-84-78(83)72-68-64-60-56-52-48-44-20-18-16-14-12-10-8-6-4-2/h14,16,20,23,25,29,31,44,66,70,75-76,80-81H,3-13,15,17-19,21-22,24,26-28,30,32-43,45-65,67-69,71-74H2,1-2H3,(H,79,82)/b16-14-,25-23-,31-29-,44-20-,70-66+. The summed E-state index contributed by atoms with van der Waals surface area (Å²) in [6, 6.07) is -0.627. The van der Waals surface area contributed by atoms with Crippen LogP contribution in [0.3, 0.4) is 0 Å². The Morgan fingerprint density at radius 3 is 0.917 bits per heavy atom. The van der Waals surface area contributed by atoms with Crippen LogP contribution >= 0.6 is 0 Å². The third kappa shape index (κ3) is 68.7. The van der Waals surface area contributed by atoms with Crippen molar-refractivity contribution in [2.24, 2.45) is 0 Å². The van der Waals surface area contributed by atoms with E-state index in [9.17, 15) is 19.8 Å². The lowest BCUT2D eigenvalue weighted by molar-refractivity contribution is -0.143. The molecular formula is C78H145NO5. The van der Waals surface area contributed by atoms with Crippen LogP contribution in [0, 0.1) is 0 Å². The Kier molecular flexibility index (Phi) is 70.9. The minimum Gasteiger partial charge on any atom is -0.466 e. The van der Waals surface area contributed by atoms with Gasteiger partial charge in [0.15, 0.2) is 0 Å². The maximum absolute atomic E-state index is 12.5. The Morgan fingerprint density at radius 2 is 0.595 bits per heavy atom. The number of esters is 1. The average molecular weight is 1180 g/mol. The summed E-state index contributed by atoms with van der Waals surface area (Å²) in [5.74, 6) is -0.0605. The predicted octanol–water partition coefficient (Wildman–Crippen LogP) is 24.6. The van der Waals surface area contributed by atoms with E-state index in [1.807, 2.05) is 6.08 Å². The Balaban J connectivity index is 3.39. The van der Waals surface area contributed by atoms with Crippen LogP contribution in [-0.4, -0.2) is 47.4 Å². The van der Waals surface area contributed by atoms with Crippen LogP contribution in [0.1, 0.15) is 399 Å². The molecule has 0 bridgehead atoms. The van der Waals surface area contributed by atoms with Crippen LogP contribution in [-0.2, 0) is 14.3 Å². The molecule has 0 rings (SSSR count). The maximum atomic E-state index is 12.5. The van der Waals surface area contributed by atoms with Crippen molar-refractivity contribution in [3.8, 4) is 0 Å². The largest absolute Gasteiger partial charge is 0.466 e. The van der Waals surface area contributed by atoms with Crippen molar-refractivity contribution in [2.45, 2.75) is 411 Å². The van der Waals surface area contributed by atoms with E-state index in [0.717, 1.165) is 57.8 Å². The van der Waals surface area contributed by atoms with Crippen molar-refractivity contribution in [1.29, 1.82) is 0 Å². The van der Waals surface area contributed by atoms with Gasteiger partial charge in [0.25, 0.3) is 0 Å². The van der Waals surface area contributed by atoms with Gasteiger partial charge in [0, 0.05) is 12.8 Å². The zero-order chi connectivity index (χ0) is 60.6. The second-order valence-electron chi connectivity index (χ2n) is 25.6. The Bertz CT molecular complexity index is 1450. The summed E-state index contributed by atoms with van der Waals surface area (Å²) in [7, 11) is 0. The molecule has 3 N–H and O–H groups in total. The topological polar surface area (TPSA) is 95.9 Å². The highest BCUT2D eigenvalue weighted by molar-refractivity contribution is 5.76. The van der Waals surface area contributed by atoms with Crippen molar-refractivity contribution in [3.05, 3.63) is 60.8 Å². The molecule has 0 aromatic rings. The monoisotopic (exact) mass is 1180 g/mol. The number of hydrogen-bond donors (Lipinski definition) is 3. The lowest BCUT2D eigenvalue weighted by atomic mass is 10.0. The number of carbonyl (C=O) groups is 2. The van der Waals surface area contributed by atoms with Gasteiger partial charge in [0.2, 0.25) is 5.91 Å². The van der Waals surface area contributed by atoms with Crippen LogP contribution in [0.2, 0.25) is 0 Å². The van der Waals surface area contributed by atoms with Gasteiger partial charge in [-0.25, -0.2) is 0 Å². The third-order valence-corrected chi connectivity index (χ3v) is 17.3. The molecule has 84 heavy (non-hydrogen) atoms. The zero-order valence-corrected chi connectivity index (χ0v) is 56.4. The van der Waals surface area contributed by atoms with Crippen molar-refractivity contribution in [2.75, 3.05) is 13.2 Å². The molecule has 1 amide bonds. The first-order valence-corrected chi connectivity index (χ1v) is 37.6. The number of nitrogens with one attached hydrogen (secondary N) is 1. The summed E-state index contributed by atoms with van der Waals surface area (Å²) >= 11 is 0. The number of amides is 1. The van der Waals surface area contributed by atoms with Gasteiger partial charge in [-0.1, -0.05) is 351 Å². The van der Waals surface area contributed by atoms with Crippen molar-refractivity contribution < 1.29 is 24.5 Å². The number of hydrogen-bond acceptors (Lipinski definition) is 5. The van der Waals surface area contributed by atoms with E-state index >= 15 is 0 Å². The first-order chi connectivity index (χ1) is 41.5. The van der Waals surface area contributed by atoms with Crippen LogP contribution in [0.25, 0.3) is 0 Å². The average Bonchev–Trinajstić information content (AvgIpc) is 3.51. The molecule has 0 aromatic heterocycles. The molecular weight excluding hydrogens is 1030 g/mol. The van der Waals surface area contributed by atoms with E-state index in [4.69, 9.17) is 4.74 Å². The molecule has 0 aliphatic rings. The van der Waals surface area contributed by atoms with Crippen LogP contribution < -0.4 is 5.32 Å². The van der Waals surface area contributed by atoms with E-state index in [0.29, 0.717) is 19.4 Å². The SMILES string of the molecule is CCCCCC/C=C\C/C=C\CCCCCCCC(=O)OCCCCCCCCCCCCC/C=C\C/C=C\CCCCCCCCCCCCCCCCCCCC(=O)NC(CO)C(O)/C=C/CCCCCCCCCCCCCCCC. The maximum Gasteiger partial charge on any atom is 0.305 e. The van der Waals surface area contributed by atoms with E-state index in [-0.39, 0.29) is 18.5 Å². The van der Waals surface area contributed by atoms with Gasteiger partial charge in [-0.15, -0.1) is 0 Å². The molecule has 492 valence electrons. The van der Waals surface area contributed by atoms with Gasteiger partial charge < -0.3 is 20.3 Å². The van der Waals surface area contributed by atoms with E-state index in [1.54, 1.807) is 6.08 Å². The fourth-order valence-electron chi connectivity index (χ4n) is 11.5. The quantitative estimate of drug-likeness (QED) is 0.0320. The molecule has 2 atom stereocenters. The molecule has 0 heterocycles. The molecule has 0 radical (unpaired) electrons. The predicted molar refractivity (Wildman–Crippen MR) is 370 cm³/mol. The minimum absolute atomic E-state index is 0.00304. The first-order valence-electron chi connectivity index (χ1n) is 37.6. The summed E-state index contributed by atoms with van der Waals surface area (Å²) in [6.07, 6.45) is 97.5. The fraction of sp³-hybridized carbons (Fsp3) is 0.846. The fourth-order valence-corrected chi connectivity index (χ4v) is 11.5. The molecule has 0 fully saturated rings. The smallest absolute Gasteiger partial charge is 0.305 e. The molecule has 0 aliphatic heterocycles. The number of carbonyl (C=O) groups excluding carboxylic acids is 2. The number of allylic oxidation sites excluding steroid dienone is 9. The highest BCUT2D eigenvalue weighted by atomic mass is 16.5. The van der Waals surface area contributed by atoms with Gasteiger partial charge in [-0.2, -0.15) is 0 Å².